The highest BCUT2D eigenvalue weighted by Crippen LogP contribution is 2.32. The lowest BCUT2D eigenvalue weighted by Crippen LogP contribution is -2.29. The van der Waals surface area contributed by atoms with Gasteiger partial charge in [0.15, 0.2) is 0 Å². The molecular weight excluding hydrogens is 266 g/mol. The zero-order chi connectivity index (χ0) is 13.0. The van der Waals surface area contributed by atoms with Crippen LogP contribution in [0.1, 0.15) is 12.0 Å². The summed E-state index contributed by atoms with van der Waals surface area (Å²) in [6.45, 7) is 0.544. The van der Waals surface area contributed by atoms with E-state index in [0.717, 1.165) is 5.56 Å². The van der Waals surface area contributed by atoms with Gasteiger partial charge in [-0.2, -0.15) is 0 Å². The maximum absolute atomic E-state index is 12.1. The molecule has 1 heterocycles. The minimum Gasteiger partial charge on any atom is -0.396 e. The number of aliphatic hydroxyl groups is 1. The largest absolute Gasteiger partial charge is 0.396 e. The third kappa shape index (κ3) is 2.98. The molecule has 2 rings (SSSR count). The number of hydrogen-bond acceptors (Lipinski definition) is 4. The molecule has 0 radical (unpaired) electrons. The lowest BCUT2D eigenvalue weighted by molar-refractivity contribution is -0.122. The van der Waals surface area contributed by atoms with Crippen LogP contribution in [0.4, 0.5) is 0 Å². The maximum Gasteiger partial charge on any atom is 0.266 e. The molecule has 3 nitrogen and oxygen atoms in total. The number of hydrogen-bond donors (Lipinski definition) is 1. The lowest BCUT2D eigenvalue weighted by atomic mass is 10.2. The smallest absolute Gasteiger partial charge is 0.266 e. The number of benzene rings is 1. The third-order valence-electron chi connectivity index (χ3n) is 2.51. The summed E-state index contributed by atoms with van der Waals surface area (Å²) in [5.74, 6) is -0.0673. The summed E-state index contributed by atoms with van der Waals surface area (Å²) in [5.41, 5.74) is 0.986. The van der Waals surface area contributed by atoms with Crippen molar-refractivity contribution >= 4 is 40.3 Å². The van der Waals surface area contributed by atoms with Gasteiger partial charge in [-0.1, -0.05) is 54.3 Å². The molecule has 0 aliphatic carbocycles. The van der Waals surface area contributed by atoms with Crippen molar-refractivity contribution in [2.75, 3.05) is 13.2 Å². The third-order valence-corrected chi connectivity index (χ3v) is 3.89. The number of carbonyl (C=O) groups is 1. The van der Waals surface area contributed by atoms with E-state index in [1.54, 1.807) is 4.90 Å². The summed E-state index contributed by atoms with van der Waals surface area (Å²) in [4.78, 5) is 14.3. The Morgan fingerprint density at radius 3 is 2.72 bits per heavy atom. The van der Waals surface area contributed by atoms with Crippen LogP contribution in [0.5, 0.6) is 0 Å². The van der Waals surface area contributed by atoms with Crippen molar-refractivity contribution in [2.24, 2.45) is 0 Å². The van der Waals surface area contributed by atoms with Crippen molar-refractivity contribution in [1.29, 1.82) is 0 Å². The predicted molar refractivity (Wildman–Crippen MR) is 78.0 cm³/mol. The predicted octanol–water partition coefficient (Wildman–Crippen LogP) is 2.27. The summed E-state index contributed by atoms with van der Waals surface area (Å²) in [6.07, 6.45) is 2.39. The Bertz CT molecular complexity index is 485. The summed E-state index contributed by atoms with van der Waals surface area (Å²) in [7, 11) is 0. The van der Waals surface area contributed by atoms with Crippen LogP contribution < -0.4 is 0 Å². The quantitative estimate of drug-likeness (QED) is 0.678. The second kappa shape index (κ2) is 6.13. The number of rotatable bonds is 4. The molecule has 94 valence electrons. The molecule has 1 aliphatic rings. The van der Waals surface area contributed by atoms with Gasteiger partial charge in [-0.05, 0) is 18.1 Å². The molecule has 1 N–H and O–H groups in total. The molecule has 1 aliphatic heterocycles. The van der Waals surface area contributed by atoms with Crippen LogP contribution in [0.15, 0.2) is 35.2 Å². The Hall–Kier alpha value is -1.17. The number of thioether (sulfide) groups is 1. The molecule has 1 amide bonds. The fourth-order valence-corrected chi connectivity index (χ4v) is 2.93. The van der Waals surface area contributed by atoms with Crippen LogP contribution in [0, 0.1) is 0 Å². The Labute approximate surface area is 115 Å². The van der Waals surface area contributed by atoms with Crippen LogP contribution in [0.25, 0.3) is 6.08 Å². The van der Waals surface area contributed by atoms with Crippen molar-refractivity contribution in [1.82, 2.24) is 4.90 Å². The first kappa shape index (κ1) is 13.3. The SMILES string of the molecule is O=C1/C(=C/c2ccccc2)SC(=S)N1CCCO. The van der Waals surface area contributed by atoms with Gasteiger partial charge in [-0.15, -0.1) is 0 Å². The average Bonchev–Trinajstić information content (AvgIpc) is 2.64. The van der Waals surface area contributed by atoms with Gasteiger partial charge in [0.1, 0.15) is 4.32 Å². The highest BCUT2D eigenvalue weighted by molar-refractivity contribution is 8.26. The summed E-state index contributed by atoms with van der Waals surface area (Å²) in [5, 5.41) is 8.80. The fraction of sp³-hybridized carbons (Fsp3) is 0.231. The van der Waals surface area contributed by atoms with E-state index < -0.39 is 0 Å². The monoisotopic (exact) mass is 279 g/mol. The summed E-state index contributed by atoms with van der Waals surface area (Å²) >= 11 is 6.48. The molecule has 0 aromatic heterocycles. The van der Waals surface area contributed by atoms with E-state index in [9.17, 15) is 4.79 Å². The van der Waals surface area contributed by atoms with Gasteiger partial charge in [0.05, 0.1) is 4.91 Å². The molecule has 5 heteroatoms. The van der Waals surface area contributed by atoms with Crippen molar-refractivity contribution in [2.45, 2.75) is 6.42 Å². The van der Waals surface area contributed by atoms with Crippen LogP contribution in [0.2, 0.25) is 0 Å². The van der Waals surface area contributed by atoms with Gasteiger partial charge in [-0.3, -0.25) is 9.69 Å². The van der Waals surface area contributed by atoms with Crippen molar-refractivity contribution in [3.63, 3.8) is 0 Å². The Balaban J connectivity index is 2.15. The molecule has 0 spiro atoms. The molecular formula is C13H13NO2S2. The van der Waals surface area contributed by atoms with E-state index >= 15 is 0 Å². The van der Waals surface area contributed by atoms with Gasteiger partial charge >= 0.3 is 0 Å². The van der Waals surface area contributed by atoms with Gasteiger partial charge in [0.2, 0.25) is 0 Å². The van der Waals surface area contributed by atoms with Crippen molar-refractivity contribution in [3.05, 3.63) is 40.8 Å². The molecule has 1 fully saturated rings. The Morgan fingerprint density at radius 2 is 2.06 bits per heavy atom. The number of carbonyl (C=O) groups excluding carboxylic acids is 1. The van der Waals surface area contributed by atoms with Gasteiger partial charge in [0, 0.05) is 13.2 Å². The fourth-order valence-electron chi connectivity index (χ4n) is 1.62. The highest BCUT2D eigenvalue weighted by atomic mass is 32.2. The second-order valence-corrected chi connectivity index (χ2v) is 5.50. The Kier molecular flexibility index (Phi) is 4.52. The molecule has 0 atom stereocenters. The van der Waals surface area contributed by atoms with Crippen LogP contribution >= 0.6 is 24.0 Å². The van der Waals surface area contributed by atoms with E-state index in [1.807, 2.05) is 36.4 Å². The molecule has 1 saturated heterocycles. The Morgan fingerprint density at radius 1 is 1.33 bits per heavy atom. The number of nitrogens with zero attached hydrogens (tertiary/aromatic N) is 1. The number of aliphatic hydroxyl groups excluding tert-OH is 1. The van der Waals surface area contributed by atoms with Gasteiger partial charge in [-0.25, -0.2) is 0 Å². The molecule has 1 aromatic carbocycles. The molecule has 1 aromatic rings. The van der Waals surface area contributed by atoms with Gasteiger partial charge in [0.25, 0.3) is 5.91 Å². The summed E-state index contributed by atoms with van der Waals surface area (Å²) < 4.78 is 0.565. The normalized spacial score (nSPS) is 17.8. The average molecular weight is 279 g/mol. The highest BCUT2D eigenvalue weighted by Gasteiger charge is 2.31. The minimum absolute atomic E-state index is 0.0643. The maximum atomic E-state index is 12.1. The van der Waals surface area contributed by atoms with E-state index in [4.69, 9.17) is 17.3 Å². The second-order valence-electron chi connectivity index (χ2n) is 3.82. The molecule has 18 heavy (non-hydrogen) atoms. The first-order chi connectivity index (χ1) is 8.72. The first-order valence-corrected chi connectivity index (χ1v) is 6.86. The number of thiocarbonyl (C=S) groups is 1. The standard InChI is InChI=1S/C13H13NO2S2/c15-8-4-7-14-12(16)11(18-13(14)17)9-10-5-2-1-3-6-10/h1-3,5-6,9,15H,4,7-8H2/b11-9-. The van der Waals surface area contributed by atoms with Crippen molar-refractivity contribution < 1.29 is 9.90 Å². The molecule has 0 unspecified atom stereocenters. The topological polar surface area (TPSA) is 40.5 Å². The zero-order valence-electron chi connectivity index (χ0n) is 9.70. The minimum atomic E-state index is -0.0673. The van der Waals surface area contributed by atoms with E-state index in [-0.39, 0.29) is 12.5 Å². The van der Waals surface area contributed by atoms with Crippen molar-refractivity contribution in [3.8, 4) is 0 Å². The molecule has 0 bridgehead atoms. The van der Waals surface area contributed by atoms with E-state index in [0.29, 0.717) is 22.2 Å². The van der Waals surface area contributed by atoms with Crippen LogP contribution in [-0.4, -0.2) is 33.4 Å². The van der Waals surface area contributed by atoms with E-state index in [2.05, 4.69) is 0 Å². The van der Waals surface area contributed by atoms with Crippen LogP contribution in [-0.2, 0) is 4.79 Å². The number of amides is 1. The van der Waals surface area contributed by atoms with Gasteiger partial charge < -0.3 is 5.11 Å². The van der Waals surface area contributed by atoms with E-state index in [1.165, 1.54) is 11.8 Å². The first-order valence-electron chi connectivity index (χ1n) is 5.63. The molecule has 0 saturated carbocycles. The zero-order valence-corrected chi connectivity index (χ0v) is 11.3. The van der Waals surface area contributed by atoms with Crippen LogP contribution in [0.3, 0.4) is 0 Å². The summed E-state index contributed by atoms with van der Waals surface area (Å²) in [6, 6.07) is 9.68. The lowest BCUT2D eigenvalue weighted by Gasteiger charge is -2.12.